The highest BCUT2D eigenvalue weighted by atomic mass is 32.1. The first-order valence-corrected chi connectivity index (χ1v) is 9.23. The van der Waals surface area contributed by atoms with E-state index in [0.717, 1.165) is 43.1 Å². The molecule has 1 aliphatic rings. The molecule has 1 fully saturated rings. The normalized spacial score (nSPS) is 18.5. The fraction of sp³-hybridized carbons (Fsp3) is 0.562. The lowest BCUT2D eigenvalue weighted by Gasteiger charge is -2.31. The third-order valence-corrected chi connectivity index (χ3v) is 5.58. The Labute approximate surface area is 144 Å². The summed E-state index contributed by atoms with van der Waals surface area (Å²) in [6.45, 7) is 6.81. The summed E-state index contributed by atoms with van der Waals surface area (Å²) in [5, 5.41) is 19.9. The van der Waals surface area contributed by atoms with Crippen molar-refractivity contribution in [3.63, 3.8) is 0 Å². The van der Waals surface area contributed by atoms with Crippen LogP contribution >= 0.6 is 11.3 Å². The Hall–Kier alpha value is -1.77. The van der Waals surface area contributed by atoms with Gasteiger partial charge in [0.05, 0.1) is 29.7 Å². The molecule has 7 nitrogen and oxygen atoms in total. The number of fused-ring (bicyclic) bond motifs is 1. The molecule has 1 aliphatic heterocycles. The van der Waals surface area contributed by atoms with Crippen LogP contribution in [0.4, 0.5) is 0 Å². The maximum Gasteiger partial charge on any atom is 0.194 e. The highest BCUT2D eigenvalue weighted by Crippen LogP contribution is 2.25. The largest absolute Gasteiger partial charge is 0.387 e. The highest BCUT2D eigenvalue weighted by molar-refractivity contribution is 7.15. The van der Waals surface area contributed by atoms with Crippen LogP contribution in [0.3, 0.4) is 0 Å². The number of aliphatic hydroxyl groups is 1. The molecule has 3 aromatic rings. The van der Waals surface area contributed by atoms with E-state index in [2.05, 4.69) is 43.1 Å². The number of piperidine rings is 1. The zero-order valence-electron chi connectivity index (χ0n) is 14.0. The molecule has 0 spiro atoms. The minimum atomic E-state index is -0.559. The molecule has 8 heteroatoms. The Bertz CT molecular complexity index is 827. The van der Waals surface area contributed by atoms with Crippen molar-refractivity contribution in [3.8, 4) is 0 Å². The second-order valence-electron chi connectivity index (χ2n) is 6.51. The zero-order valence-corrected chi connectivity index (χ0v) is 14.8. The van der Waals surface area contributed by atoms with E-state index in [1.54, 1.807) is 18.3 Å². The van der Waals surface area contributed by atoms with Crippen molar-refractivity contribution in [2.75, 3.05) is 13.1 Å². The van der Waals surface area contributed by atoms with Gasteiger partial charge in [0.1, 0.15) is 5.69 Å². The molecule has 0 radical (unpaired) electrons. The molecule has 3 aromatic heterocycles. The summed E-state index contributed by atoms with van der Waals surface area (Å²) in [5.74, 6) is 0. The van der Waals surface area contributed by atoms with Gasteiger partial charge in [-0.15, -0.1) is 16.4 Å². The quantitative estimate of drug-likeness (QED) is 0.784. The Morgan fingerprint density at radius 2 is 2.17 bits per heavy atom. The zero-order chi connectivity index (χ0) is 16.7. The summed E-state index contributed by atoms with van der Waals surface area (Å²) in [4.78, 5) is 8.19. The smallest absolute Gasteiger partial charge is 0.194 e. The number of aryl methyl sites for hydroxylation is 1. The third kappa shape index (κ3) is 2.85. The maximum atomic E-state index is 9.58. The van der Waals surface area contributed by atoms with Gasteiger partial charge in [0.25, 0.3) is 0 Å². The first-order valence-electron chi connectivity index (χ1n) is 8.35. The van der Waals surface area contributed by atoms with Crippen LogP contribution in [0.1, 0.15) is 49.0 Å². The van der Waals surface area contributed by atoms with Crippen molar-refractivity contribution in [2.45, 2.75) is 45.4 Å². The first kappa shape index (κ1) is 15.7. The molecular formula is C16H22N6OS. The fourth-order valence-corrected chi connectivity index (χ4v) is 4.12. The van der Waals surface area contributed by atoms with Crippen LogP contribution in [-0.4, -0.2) is 47.5 Å². The van der Waals surface area contributed by atoms with Gasteiger partial charge in [0.2, 0.25) is 0 Å². The second kappa shape index (κ2) is 6.27. The molecule has 1 N–H and O–H groups in total. The van der Waals surface area contributed by atoms with Gasteiger partial charge in [-0.1, -0.05) is 5.21 Å². The summed E-state index contributed by atoms with van der Waals surface area (Å²) in [6, 6.07) is 0.369. The topological polar surface area (TPSA) is 71.5 Å². The summed E-state index contributed by atoms with van der Waals surface area (Å²) >= 11 is 1.68. The number of hydrogen-bond acceptors (Lipinski definition) is 6. The SMILES string of the molecule is Cc1nc2sccn2c1CN1CCC(n2cc(C(C)O)nn2)CC1. The molecule has 0 saturated carbocycles. The fourth-order valence-electron chi connectivity index (χ4n) is 3.35. The Morgan fingerprint density at radius 3 is 2.88 bits per heavy atom. The number of likely N-dealkylation sites (tertiary alicyclic amines) is 1. The van der Waals surface area contributed by atoms with Gasteiger partial charge in [0, 0.05) is 31.2 Å². The van der Waals surface area contributed by atoms with Gasteiger partial charge in [-0.05, 0) is 26.7 Å². The third-order valence-electron chi connectivity index (χ3n) is 4.82. The van der Waals surface area contributed by atoms with E-state index < -0.39 is 6.10 Å². The molecule has 4 heterocycles. The molecule has 0 amide bonds. The highest BCUT2D eigenvalue weighted by Gasteiger charge is 2.23. The Morgan fingerprint density at radius 1 is 1.38 bits per heavy atom. The lowest BCUT2D eigenvalue weighted by Crippen LogP contribution is -2.34. The molecule has 4 rings (SSSR count). The van der Waals surface area contributed by atoms with Crippen molar-refractivity contribution in [1.29, 1.82) is 0 Å². The van der Waals surface area contributed by atoms with Gasteiger partial charge in [-0.25, -0.2) is 9.67 Å². The van der Waals surface area contributed by atoms with Crippen molar-refractivity contribution in [3.05, 3.63) is 34.9 Å². The molecule has 0 aromatic carbocycles. The molecule has 1 saturated heterocycles. The van der Waals surface area contributed by atoms with Crippen molar-refractivity contribution in [2.24, 2.45) is 0 Å². The Kier molecular flexibility index (Phi) is 4.11. The molecular weight excluding hydrogens is 324 g/mol. The average Bonchev–Trinajstić information content (AvgIpc) is 3.27. The minimum absolute atomic E-state index is 0.369. The summed E-state index contributed by atoms with van der Waals surface area (Å²) in [5.41, 5.74) is 3.07. The number of thiazole rings is 1. The van der Waals surface area contributed by atoms with Crippen LogP contribution in [0.25, 0.3) is 4.96 Å². The minimum Gasteiger partial charge on any atom is -0.387 e. The number of imidazole rings is 1. The van der Waals surface area contributed by atoms with Crippen molar-refractivity contribution in [1.82, 2.24) is 29.3 Å². The van der Waals surface area contributed by atoms with Gasteiger partial charge in [0.15, 0.2) is 4.96 Å². The van der Waals surface area contributed by atoms with E-state index in [4.69, 9.17) is 0 Å². The molecule has 1 unspecified atom stereocenters. The van der Waals surface area contributed by atoms with E-state index in [0.29, 0.717) is 11.7 Å². The molecule has 1 atom stereocenters. The van der Waals surface area contributed by atoms with Crippen molar-refractivity contribution < 1.29 is 5.11 Å². The van der Waals surface area contributed by atoms with Crippen LogP contribution in [0, 0.1) is 6.92 Å². The standard InChI is InChI=1S/C16H22N6OS/c1-11-15(21-7-8-24-16(21)17-11)10-20-5-3-13(4-6-20)22-9-14(12(2)23)18-19-22/h7-9,12-13,23H,3-6,10H2,1-2H3. The van der Waals surface area contributed by atoms with Crippen LogP contribution in [0.2, 0.25) is 0 Å². The number of rotatable bonds is 4. The van der Waals surface area contributed by atoms with E-state index in [1.165, 1.54) is 5.69 Å². The monoisotopic (exact) mass is 346 g/mol. The molecule has 0 aliphatic carbocycles. The van der Waals surface area contributed by atoms with Gasteiger partial charge < -0.3 is 5.11 Å². The number of aromatic nitrogens is 5. The lowest BCUT2D eigenvalue weighted by atomic mass is 10.0. The maximum absolute atomic E-state index is 9.58. The van der Waals surface area contributed by atoms with Crippen LogP contribution < -0.4 is 0 Å². The van der Waals surface area contributed by atoms with E-state index in [1.807, 2.05) is 10.9 Å². The van der Waals surface area contributed by atoms with E-state index in [-0.39, 0.29) is 0 Å². The summed E-state index contributed by atoms with van der Waals surface area (Å²) in [7, 11) is 0. The first-order chi connectivity index (χ1) is 11.6. The van der Waals surface area contributed by atoms with Crippen LogP contribution in [0.5, 0.6) is 0 Å². The summed E-state index contributed by atoms with van der Waals surface area (Å²) in [6.07, 6.45) is 5.52. The predicted molar refractivity (Wildman–Crippen MR) is 92.0 cm³/mol. The number of hydrogen-bond donors (Lipinski definition) is 1. The van der Waals surface area contributed by atoms with Gasteiger partial charge in [-0.2, -0.15) is 0 Å². The van der Waals surface area contributed by atoms with Gasteiger partial charge >= 0.3 is 0 Å². The average molecular weight is 346 g/mol. The number of nitrogens with zero attached hydrogens (tertiary/aromatic N) is 6. The van der Waals surface area contributed by atoms with Crippen LogP contribution in [0.15, 0.2) is 17.8 Å². The molecule has 128 valence electrons. The predicted octanol–water partition coefficient (Wildman–Crippen LogP) is 2.19. The molecule has 0 bridgehead atoms. The van der Waals surface area contributed by atoms with Crippen LogP contribution in [-0.2, 0) is 6.54 Å². The number of aliphatic hydroxyl groups excluding tert-OH is 1. The second-order valence-corrected chi connectivity index (χ2v) is 7.38. The van der Waals surface area contributed by atoms with Gasteiger partial charge in [-0.3, -0.25) is 9.30 Å². The van der Waals surface area contributed by atoms with E-state index >= 15 is 0 Å². The molecule has 24 heavy (non-hydrogen) atoms. The lowest BCUT2D eigenvalue weighted by molar-refractivity contribution is 0.170. The van der Waals surface area contributed by atoms with Crippen molar-refractivity contribution >= 4 is 16.3 Å². The van der Waals surface area contributed by atoms with E-state index in [9.17, 15) is 5.11 Å². The Balaban J connectivity index is 1.40. The summed E-state index contributed by atoms with van der Waals surface area (Å²) < 4.78 is 4.12.